The van der Waals surface area contributed by atoms with Gasteiger partial charge in [-0.15, -0.1) is 0 Å². The average Bonchev–Trinajstić information content (AvgIpc) is 2.83. The third-order valence-electron chi connectivity index (χ3n) is 2.17. The van der Waals surface area contributed by atoms with Crippen LogP contribution in [0.2, 0.25) is 0 Å². The molecule has 0 N–H and O–H groups in total. The lowest BCUT2D eigenvalue weighted by Crippen LogP contribution is -2.17. The molecule has 0 spiro atoms. The van der Waals surface area contributed by atoms with E-state index in [1.54, 1.807) is 0 Å². The fourth-order valence-corrected chi connectivity index (χ4v) is 2.11. The molecule has 0 heterocycles. The normalized spacial score (nSPS) is 19.7. The van der Waals surface area contributed by atoms with Gasteiger partial charge in [0, 0.05) is 11.4 Å². The van der Waals surface area contributed by atoms with Crippen molar-refractivity contribution >= 4 is 15.9 Å². The predicted octanol–water partition coefficient (Wildman–Crippen LogP) is 3.52. The second-order valence-electron chi connectivity index (χ2n) is 3.66. The summed E-state index contributed by atoms with van der Waals surface area (Å²) < 4.78 is 39.4. The molecule has 1 nitrogen and oxygen atoms in total. The van der Waals surface area contributed by atoms with Gasteiger partial charge in [0.2, 0.25) is 0 Å². The van der Waals surface area contributed by atoms with E-state index in [2.05, 4.69) is 20.7 Å². The first-order valence-corrected chi connectivity index (χ1v) is 5.69. The Bertz CT molecular complexity index is 168. The summed E-state index contributed by atoms with van der Waals surface area (Å²) in [6.45, 7) is -0.919. The molecule has 5 heteroatoms. The van der Waals surface area contributed by atoms with Crippen molar-refractivity contribution in [3.8, 4) is 0 Å². The number of hydrogen-bond acceptors (Lipinski definition) is 1. The van der Waals surface area contributed by atoms with E-state index in [1.807, 2.05) is 0 Å². The summed E-state index contributed by atoms with van der Waals surface area (Å²) in [5.41, 5.74) is 0. The average molecular weight is 275 g/mol. The van der Waals surface area contributed by atoms with E-state index in [-0.39, 0.29) is 6.61 Å². The lowest BCUT2D eigenvalue weighted by molar-refractivity contribution is -0.174. The van der Waals surface area contributed by atoms with Crippen LogP contribution in [0.4, 0.5) is 13.2 Å². The first-order chi connectivity index (χ1) is 6.49. The zero-order valence-corrected chi connectivity index (χ0v) is 9.40. The maximum absolute atomic E-state index is 11.6. The fraction of sp³-hybridized carbons (Fsp3) is 1.00. The number of hydrogen-bond donors (Lipinski definition) is 0. The first kappa shape index (κ1) is 12.3. The minimum Gasteiger partial charge on any atom is -0.372 e. The van der Waals surface area contributed by atoms with Crippen LogP contribution in [0.5, 0.6) is 0 Å². The van der Waals surface area contributed by atoms with Crippen LogP contribution in [0.3, 0.4) is 0 Å². The SMILES string of the molecule is FC(F)(F)COCCCC(Br)C1CC1. The molecule has 14 heavy (non-hydrogen) atoms. The second kappa shape index (κ2) is 5.35. The van der Waals surface area contributed by atoms with E-state index >= 15 is 0 Å². The molecule has 1 saturated carbocycles. The summed E-state index contributed by atoms with van der Waals surface area (Å²) in [5, 5.41) is 0. The lowest BCUT2D eigenvalue weighted by Gasteiger charge is -2.09. The van der Waals surface area contributed by atoms with Gasteiger partial charge in [0.25, 0.3) is 0 Å². The molecule has 1 atom stereocenters. The molecule has 0 amide bonds. The van der Waals surface area contributed by atoms with E-state index in [1.165, 1.54) is 12.8 Å². The highest BCUT2D eigenvalue weighted by Crippen LogP contribution is 2.38. The Morgan fingerprint density at radius 2 is 2.00 bits per heavy atom. The van der Waals surface area contributed by atoms with Crippen LogP contribution in [-0.2, 0) is 4.74 Å². The summed E-state index contributed by atoms with van der Waals surface area (Å²) in [6, 6.07) is 0. The second-order valence-corrected chi connectivity index (χ2v) is 4.84. The zero-order valence-electron chi connectivity index (χ0n) is 7.82. The van der Waals surface area contributed by atoms with Crippen molar-refractivity contribution in [3.63, 3.8) is 0 Å². The molecule has 0 aliphatic heterocycles. The maximum atomic E-state index is 11.6. The lowest BCUT2D eigenvalue weighted by atomic mass is 10.2. The topological polar surface area (TPSA) is 9.23 Å². The van der Waals surface area contributed by atoms with Crippen LogP contribution >= 0.6 is 15.9 Å². The first-order valence-electron chi connectivity index (χ1n) is 4.77. The van der Waals surface area contributed by atoms with Gasteiger partial charge in [-0.25, -0.2) is 0 Å². The summed E-state index contributed by atoms with van der Waals surface area (Å²) in [6.07, 6.45) is -0.0893. The quantitative estimate of drug-likeness (QED) is 0.532. The molecule has 1 aliphatic rings. The standard InChI is InChI=1S/C9H14BrF3O/c10-8(7-3-4-7)2-1-5-14-6-9(11,12)13/h7-8H,1-6H2. The molecular formula is C9H14BrF3O. The van der Waals surface area contributed by atoms with Crippen molar-refractivity contribution in [2.24, 2.45) is 5.92 Å². The van der Waals surface area contributed by atoms with E-state index in [4.69, 9.17) is 0 Å². The van der Waals surface area contributed by atoms with Crippen LogP contribution in [0, 0.1) is 5.92 Å². The Balaban J connectivity index is 1.88. The van der Waals surface area contributed by atoms with Crippen LogP contribution < -0.4 is 0 Å². The summed E-state index contributed by atoms with van der Waals surface area (Å²) in [4.78, 5) is 0.469. The van der Waals surface area contributed by atoms with Crippen LogP contribution in [0.25, 0.3) is 0 Å². The van der Waals surface area contributed by atoms with Crippen LogP contribution in [-0.4, -0.2) is 24.2 Å². The minimum atomic E-state index is -4.19. The monoisotopic (exact) mass is 274 g/mol. The van der Waals surface area contributed by atoms with Gasteiger partial charge < -0.3 is 4.74 Å². The summed E-state index contributed by atoms with van der Waals surface area (Å²) in [7, 11) is 0. The molecule has 0 aromatic carbocycles. The Morgan fingerprint density at radius 1 is 1.36 bits per heavy atom. The molecule has 1 unspecified atom stereocenters. The van der Waals surface area contributed by atoms with E-state index < -0.39 is 12.8 Å². The smallest absolute Gasteiger partial charge is 0.372 e. The Kier molecular flexibility index (Phi) is 4.70. The van der Waals surface area contributed by atoms with Crippen molar-refractivity contribution in [1.82, 2.24) is 0 Å². The molecular weight excluding hydrogens is 261 g/mol. The van der Waals surface area contributed by atoms with Crippen molar-refractivity contribution in [1.29, 1.82) is 0 Å². The molecule has 1 rings (SSSR count). The van der Waals surface area contributed by atoms with Gasteiger partial charge >= 0.3 is 6.18 Å². The number of rotatable bonds is 6. The zero-order chi connectivity index (χ0) is 10.6. The van der Waals surface area contributed by atoms with Crippen molar-refractivity contribution < 1.29 is 17.9 Å². The number of ether oxygens (including phenoxy) is 1. The highest BCUT2D eigenvalue weighted by atomic mass is 79.9. The Morgan fingerprint density at radius 3 is 2.50 bits per heavy atom. The van der Waals surface area contributed by atoms with Crippen LogP contribution in [0.1, 0.15) is 25.7 Å². The number of halogens is 4. The molecule has 0 radical (unpaired) electrons. The predicted molar refractivity (Wildman–Crippen MR) is 51.5 cm³/mol. The van der Waals surface area contributed by atoms with E-state index in [0.717, 1.165) is 12.3 Å². The third kappa shape index (κ3) is 5.86. The largest absolute Gasteiger partial charge is 0.411 e. The van der Waals surface area contributed by atoms with Crippen molar-refractivity contribution in [2.75, 3.05) is 13.2 Å². The molecule has 0 bridgehead atoms. The molecule has 0 aromatic rings. The minimum absolute atomic E-state index is 0.203. The highest BCUT2D eigenvalue weighted by Gasteiger charge is 2.29. The van der Waals surface area contributed by atoms with Gasteiger partial charge in [0.05, 0.1) is 0 Å². The summed E-state index contributed by atoms with van der Waals surface area (Å²) >= 11 is 3.52. The van der Waals surface area contributed by atoms with Gasteiger partial charge in [-0.2, -0.15) is 13.2 Å². The molecule has 0 aromatic heterocycles. The maximum Gasteiger partial charge on any atom is 0.411 e. The Hall–Kier alpha value is 0.230. The van der Waals surface area contributed by atoms with Gasteiger partial charge in [0.15, 0.2) is 0 Å². The van der Waals surface area contributed by atoms with Gasteiger partial charge in [-0.05, 0) is 31.6 Å². The molecule has 84 valence electrons. The highest BCUT2D eigenvalue weighted by molar-refractivity contribution is 9.09. The molecule has 0 saturated heterocycles. The number of alkyl halides is 4. The van der Waals surface area contributed by atoms with Gasteiger partial charge in [-0.1, -0.05) is 15.9 Å². The van der Waals surface area contributed by atoms with Gasteiger partial charge in [0.1, 0.15) is 6.61 Å². The van der Waals surface area contributed by atoms with E-state index in [0.29, 0.717) is 11.2 Å². The van der Waals surface area contributed by atoms with Gasteiger partial charge in [-0.3, -0.25) is 0 Å². The van der Waals surface area contributed by atoms with E-state index in [9.17, 15) is 13.2 Å². The van der Waals surface area contributed by atoms with Crippen LogP contribution in [0.15, 0.2) is 0 Å². The third-order valence-corrected chi connectivity index (χ3v) is 3.37. The summed E-state index contributed by atoms with van der Waals surface area (Å²) in [5.74, 6) is 0.748. The fourth-order valence-electron chi connectivity index (χ4n) is 1.26. The molecule has 1 aliphatic carbocycles. The van der Waals surface area contributed by atoms with Crippen molar-refractivity contribution in [3.05, 3.63) is 0 Å². The Labute approximate surface area is 90.1 Å². The van der Waals surface area contributed by atoms with Crippen molar-refractivity contribution in [2.45, 2.75) is 36.7 Å². The molecule has 1 fully saturated rings.